The van der Waals surface area contributed by atoms with E-state index in [4.69, 9.17) is 4.74 Å². The zero-order chi connectivity index (χ0) is 11.6. The lowest BCUT2D eigenvalue weighted by Crippen LogP contribution is -2.34. The number of rotatable bonds is 3. The second-order valence-electron chi connectivity index (χ2n) is 4.61. The molecular formula is C13H16F2O. The molecule has 0 saturated carbocycles. The summed E-state index contributed by atoms with van der Waals surface area (Å²) in [5.74, 6) is 0.763. The van der Waals surface area contributed by atoms with Crippen LogP contribution in [-0.2, 0) is 12.8 Å². The minimum absolute atomic E-state index is 0.115. The van der Waals surface area contributed by atoms with Crippen LogP contribution >= 0.6 is 0 Å². The zero-order valence-electron chi connectivity index (χ0n) is 9.43. The average molecular weight is 226 g/mol. The van der Waals surface area contributed by atoms with Crippen LogP contribution in [0.4, 0.5) is 8.78 Å². The Kier molecular flexibility index (Phi) is 3.13. The van der Waals surface area contributed by atoms with Crippen LogP contribution < -0.4 is 4.74 Å². The number of benzene rings is 1. The first kappa shape index (κ1) is 11.4. The summed E-state index contributed by atoms with van der Waals surface area (Å²) in [7, 11) is 0. The fourth-order valence-corrected chi connectivity index (χ4v) is 2.01. The Bertz CT molecular complexity index is 374. The summed E-state index contributed by atoms with van der Waals surface area (Å²) in [6.07, 6.45) is 1.60. The molecular weight excluding hydrogens is 210 g/mol. The van der Waals surface area contributed by atoms with Crippen LogP contribution in [-0.4, -0.2) is 19.0 Å². The number of alkyl halides is 2. The van der Waals surface area contributed by atoms with E-state index in [1.807, 2.05) is 18.2 Å². The molecule has 0 bridgehead atoms. The number of fused-ring (bicyclic) bond motifs is 1. The van der Waals surface area contributed by atoms with Gasteiger partial charge in [0.15, 0.2) is 0 Å². The number of hydrogen-bond acceptors (Lipinski definition) is 1. The van der Waals surface area contributed by atoms with Gasteiger partial charge in [-0.25, -0.2) is 4.39 Å². The highest BCUT2D eigenvalue weighted by atomic mass is 19.1. The Morgan fingerprint density at radius 2 is 2.25 bits per heavy atom. The van der Waals surface area contributed by atoms with Gasteiger partial charge in [0.1, 0.15) is 18.0 Å². The molecule has 0 saturated heterocycles. The number of hydrogen-bond donors (Lipinski definition) is 0. The second-order valence-corrected chi connectivity index (χ2v) is 4.61. The van der Waals surface area contributed by atoms with Gasteiger partial charge in [-0.3, -0.25) is 4.39 Å². The van der Waals surface area contributed by atoms with Gasteiger partial charge in [-0.15, -0.1) is 0 Å². The number of aryl methyl sites for hydroxylation is 1. The van der Waals surface area contributed by atoms with E-state index >= 15 is 0 Å². The van der Waals surface area contributed by atoms with Crippen LogP contribution in [0.15, 0.2) is 18.2 Å². The third-order valence-electron chi connectivity index (χ3n) is 2.81. The van der Waals surface area contributed by atoms with Crippen molar-refractivity contribution < 1.29 is 13.5 Å². The molecule has 3 heteroatoms. The zero-order valence-corrected chi connectivity index (χ0v) is 9.43. The highest BCUT2D eigenvalue weighted by Gasteiger charge is 2.30. The van der Waals surface area contributed by atoms with Crippen molar-refractivity contribution in [2.24, 2.45) is 0 Å². The molecule has 1 aliphatic rings. The lowest BCUT2D eigenvalue weighted by atomic mass is 9.93. The second kappa shape index (κ2) is 4.40. The Morgan fingerprint density at radius 3 is 3.00 bits per heavy atom. The van der Waals surface area contributed by atoms with Gasteiger partial charge in [0, 0.05) is 6.42 Å². The van der Waals surface area contributed by atoms with E-state index in [1.165, 1.54) is 0 Å². The van der Waals surface area contributed by atoms with Crippen molar-refractivity contribution in [3.8, 4) is 5.75 Å². The summed E-state index contributed by atoms with van der Waals surface area (Å²) < 4.78 is 31.2. The molecule has 0 N–H and O–H groups in total. The van der Waals surface area contributed by atoms with Crippen LogP contribution in [0.3, 0.4) is 0 Å². The van der Waals surface area contributed by atoms with Gasteiger partial charge in [0.25, 0.3) is 0 Å². The molecule has 88 valence electrons. The molecule has 1 unspecified atom stereocenters. The van der Waals surface area contributed by atoms with E-state index in [0.29, 0.717) is 19.3 Å². The molecule has 1 heterocycles. The molecule has 1 nitrogen and oxygen atoms in total. The molecule has 2 rings (SSSR count). The molecule has 0 radical (unpaired) electrons. The summed E-state index contributed by atoms with van der Waals surface area (Å²) in [6, 6.07) is 5.72. The van der Waals surface area contributed by atoms with Gasteiger partial charge in [-0.1, -0.05) is 12.1 Å². The van der Waals surface area contributed by atoms with E-state index in [0.717, 1.165) is 16.9 Å². The molecule has 0 fully saturated rings. The Balaban J connectivity index is 2.17. The van der Waals surface area contributed by atoms with E-state index < -0.39 is 5.67 Å². The Morgan fingerprint density at radius 1 is 1.44 bits per heavy atom. The van der Waals surface area contributed by atoms with Crippen molar-refractivity contribution in [2.75, 3.05) is 13.3 Å². The maximum atomic E-state index is 13.7. The molecule has 16 heavy (non-hydrogen) atoms. The largest absolute Gasteiger partial charge is 0.490 e. The average Bonchev–Trinajstić information content (AvgIpc) is 2.24. The minimum Gasteiger partial charge on any atom is -0.490 e. The molecule has 0 aromatic heterocycles. The van der Waals surface area contributed by atoms with Gasteiger partial charge in [-0.05, 0) is 37.0 Å². The van der Waals surface area contributed by atoms with Gasteiger partial charge >= 0.3 is 0 Å². The highest BCUT2D eigenvalue weighted by molar-refractivity contribution is 5.40. The molecule has 0 aliphatic carbocycles. The number of halogens is 2. The van der Waals surface area contributed by atoms with E-state index in [1.54, 1.807) is 6.92 Å². The highest BCUT2D eigenvalue weighted by Crippen LogP contribution is 2.32. The van der Waals surface area contributed by atoms with Crippen LogP contribution in [0.2, 0.25) is 0 Å². The van der Waals surface area contributed by atoms with Crippen molar-refractivity contribution >= 4 is 0 Å². The van der Waals surface area contributed by atoms with Crippen molar-refractivity contribution in [3.63, 3.8) is 0 Å². The summed E-state index contributed by atoms with van der Waals surface area (Å²) in [5, 5.41) is 0. The third-order valence-corrected chi connectivity index (χ3v) is 2.81. The van der Waals surface area contributed by atoms with Crippen molar-refractivity contribution in [2.45, 2.75) is 31.9 Å². The van der Waals surface area contributed by atoms with Crippen LogP contribution in [0.5, 0.6) is 5.75 Å². The molecule has 1 aromatic carbocycles. The van der Waals surface area contributed by atoms with E-state index in [-0.39, 0.29) is 13.3 Å². The van der Waals surface area contributed by atoms with Crippen LogP contribution in [0.1, 0.15) is 24.5 Å². The fourth-order valence-electron chi connectivity index (χ4n) is 2.01. The normalized spacial score (nSPS) is 23.7. The van der Waals surface area contributed by atoms with Crippen LogP contribution in [0.25, 0.3) is 0 Å². The quantitative estimate of drug-likeness (QED) is 0.768. The standard InChI is InChI=1S/C13H16F2O/c1-13(15)8-11-7-10(3-2-6-14)4-5-12(11)16-9-13/h4-5,7H,2-3,6,8-9H2,1H3. The summed E-state index contributed by atoms with van der Waals surface area (Å²) in [6.45, 7) is 1.35. The summed E-state index contributed by atoms with van der Waals surface area (Å²) >= 11 is 0. The number of ether oxygens (including phenoxy) is 1. The maximum absolute atomic E-state index is 13.7. The van der Waals surface area contributed by atoms with Gasteiger partial charge in [0.2, 0.25) is 0 Å². The van der Waals surface area contributed by atoms with Crippen molar-refractivity contribution in [1.82, 2.24) is 0 Å². The topological polar surface area (TPSA) is 9.23 Å². The van der Waals surface area contributed by atoms with Crippen molar-refractivity contribution in [3.05, 3.63) is 29.3 Å². The lowest BCUT2D eigenvalue weighted by molar-refractivity contribution is 0.0844. The fraction of sp³-hybridized carbons (Fsp3) is 0.538. The molecule has 1 aromatic rings. The maximum Gasteiger partial charge on any atom is 0.146 e. The van der Waals surface area contributed by atoms with E-state index in [9.17, 15) is 8.78 Å². The predicted molar refractivity (Wildman–Crippen MR) is 59.5 cm³/mol. The molecule has 1 atom stereocenters. The first-order valence-corrected chi connectivity index (χ1v) is 5.60. The molecule has 0 amide bonds. The van der Waals surface area contributed by atoms with E-state index in [2.05, 4.69) is 0 Å². The third kappa shape index (κ3) is 2.52. The molecule has 0 spiro atoms. The monoisotopic (exact) mass is 226 g/mol. The van der Waals surface area contributed by atoms with Gasteiger partial charge < -0.3 is 4.74 Å². The predicted octanol–water partition coefficient (Wildman–Crippen LogP) is 3.25. The minimum atomic E-state index is -1.29. The lowest BCUT2D eigenvalue weighted by Gasteiger charge is -2.28. The Hall–Kier alpha value is -1.12. The Labute approximate surface area is 94.4 Å². The SMILES string of the molecule is CC1(F)COc2ccc(CCCF)cc2C1. The van der Waals surface area contributed by atoms with Gasteiger partial charge in [-0.2, -0.15) is 0 Å². The molecule has 1 aliphatic heterocycles. The first-order valence-electron chi connectivity index (χ1n) is 5.60. The van der Waals surface area contributed by atoms with Crippen molar-refractivity contribution in [1.29, 1.82) is 0 Å². The first-order chi connectivity index (χ1) is 7.61. The summed E-state index contributed by atoms with van der Waals surface area (Å²) in [5.41, 5.74) is 0.663. The summed E-state index contributed by atoms with van der Waals surface area (Å²) in [4.78, 5) is 0. The van der Waals surface area contributed by atoms with Crippen LogP contribution in [0, 0.1) is 0 Å². The smallest absolute Gasteiger partial charge is 0.146 e. The van der Waals surface area contributed by atoms with Gasteiger partial charge in [0.05, 0.1) is 6.67 Å².